The van der Waals surface area contributed by atoms with E-state index >= 15 is 0 Å². The second-order valence-corrected chi connectivity index (χ2v) is 3.11. The molecule has 0 aliphatic carbocycles. The summed E-state index contributed by atoms with van der Waals surface area (Å²) < 4.78 is 9.92. The van der Waals surface area contributed by atoms with E-state index in [1.807, 2.05) is 13.8 Å². The number of ether oxygens (including phenoxy) is 1. The van der Waals surface area contributed by atoms with Gasteiger partial charge in [-0.05, 0) is 0 Å². The highest BCUT2D eigenvalue weighted by atomic mass is 16.5. The fourth-order valence-electron chi connectivity index (χ4n) is 0.830. The third kappa shape index (κ3) is 2.89. The predicted octanol–water partition coefficient (Wildman–Crippen LogP) is 1.86. The van der Waals surface area contributed by atoms with Crippen LogP contribution in [0.3, 0.4) is 0 Å². The third-order valence-corrected chi connectivity index (χ3v) is 1.49. The van der Waals surface area contributed by atoms with Gasteiger partial charge in [0.05, 0.1) is 0 Å². The predicted molar refractivity (Wildman–Crippen MR) is 46.1 cm³/mol. The first-order valence-corrected chi connectivity index (χ1v) is 4.17. The molecular weight excluding hydrogens is 170 g/mol. The normalized spacial score (nSPS) is 10.5. The first-order chi connectivity index (χ1) is 6.09. The summed E-state index contributed by atoms with van der Waals surface area (Å²) in [6.07, 6.45) is 1.51. The summed E-state index contributed by atoms with van der Waals surface area (Å²) in [5, 5.41) is 0. The Kier molecular flexibility index (Phi) is 3.06. The summed E-state index contributed by atoms with van der Waals surface area (Å²) in [5.41, 5.74) is 0.652. The first-order valence-electron chi connectivity index (χ1n) is 4.17. The van der Waals surface area contributed by atoms with E-state index in [0.29, 0.717) is 11.6 Å². The molecule has 0 aromatic carbocycles. The Morgan fingerprint density at radius 1 is 1.69 bits per heavy atom. The quantitative estimate of drug-likeness (QED) is 0.671. The van der Waals surface area contributed by atoms with Crippen LogP contribution in [0.4, 0.5) is 0 Å². The number of aromatic nitrogens is 1. The van der Waals surface area contributed by atoms with Crippen molar-refractivity contribution in [3.63, 3.8) is 0 Å². The summed E-state index contributed by atoms with van der Waals surface area (Å²) in [6.45, 7) is 5.53. The SMILES string of the molecule is CC(=O)OCc1coc(C(C)C)n1. The Bertz CT molecular complexity index is 291. The van der Waals surface area contributed by atoms with Crippen molar-refractivity contribution < 1.29 is 13.9 Å². The summed E-state index contributed by atoms with van der Waals surface area (Å²) >= 11 is 0. The van der Waals surface area contributed by atoms with E-state index in [4.69, 9.17) is 9.15 Å². The van der Waals surface area contributed by atoms with Crippen molar-refractivity contribution in [2.45, 2.75) is 33.3 Å². The van der Waals surface area contributed by atoms with Crippen LogP contribution in [-0.4, -0.2) is 11.0 Å². The van der Waals surface area contributed by atoms with Crippen LogP contribution >= 0.6 is 0 Å². The molecule has 1 heterocycles. The second-order valence-electron chi connectivity index (χ2n) is 3.11. The number of hydrogen-bond acceptors (Lipinski definition) is 4. The summed E-state index contributed by atoms with van der Waals surface area (Å²) in [5.74, 6) is 0.613. The zero-order chi connectivity index (χ0) is 9.84. The van der Waals surface area contributed by atoms with Gasteiger partial charge in [-0.15, -0.1) is 0 Å². The Morgan fingerprint density at radius 2 is 2.38 bits per heavy atom. The van der Waals surface area contributed by atoms with Gasteiger partial charge < -0.3 is 9.15 Å². The monoisotopic (exact) mass is 183 g/mol. The maximum Gasteiger partial charge on any atom is 0.303 e. The smallest absolute Gasteiger partial charge is 0.303 e. The van der Waals surface area contributed by atoms with Crippen LogP contribution in [0.5, 0.6) is 0 Å². The van der Waals surface area contributed by atoms with Gasteiger partial charge in [-0.2, -0.15) is 0 Å². The molecule has 72 valence electrons. The van der Waals surface area contributed by atoms with Crippen molar-refractivity contribution in [3.8, 4) is 0 Å². The number of rotatable bonds is 3. The van der Waals surface area contributed by atoms with Crippen molar-refractivity contribution in [3.05, 3.63) is 17.8 Å². The van der Waals surface area contributed by atoms with Crippen molar-refractivity contribution in [1.29, 1.82) is 0 Å². The maximum atomic E-state index is 10.5. The van der Waals surface area contributed by atoms with Gasteiger partial charge in [0.2, 0.25) is 0 Å². The lowest BCUT2D eigenvalue weighted by molar-refractivity contribution is -0.142. The Hall–Kier alpha value is -1.32. The fourth-order valence-corrected chi connectivity index (χ4v) is 0.830. The molecule has 0 spiro atoms. The molecule has 0 saturated heterocycles. The number of nitrogens with zero attached hydrogens (tertiary/aromatic N) is 1. The van der Waals surface area contributed by atoms with Gasteiger partial charge in [-0.25, -0.2) is 4.98 Å². The second kappa shape index (κ2) is 4.07. The largest absolute Gasteiger partial charge is 0.459 e. The highest BCUT2D eigenvalue weighted by molar-refractivity contribution is 5.65. The summed E-state index contributed by atoms with van der Waals surface area (Å²) in [6, 6.07) is 0. The minimum atomic E-state index is -0.311. The standard InChI is InChI=1S/C9H13NO3/c1-6(2)9-10-8(5-13-9)4-12-7(3)11/h5-6H,4H2,1-3H3. The molecule has 0 fully saturated rings. The zero-order valence-electron chi connectivity index (χ0n) is 8.03. The molecule has 4 heteroatoms. The van der Waals surface area contributed by atoms with E-state index in [1.165, 1.54) is 13.2 Å². The minimum Gasteiger partial charge on any atom is -0.459 e. The number of oxazole rings is 1. The average molecular weight is 183 g/mol. The topological polar surface area (TPSA) is 52.3 Å². The Morgan fingerprint density at radius 3 is 2.85 bits per heavy atom. The molecule has 0 aliphatic heterocycles. The average Bonchev–Trinajstić information content (AvgIpc) is 2.48. The molecular formula is C9H13NO3. The van der Waals surface area contributed by atoms with Crippen LogP contribution in [0.15, 0.2) is 10.7 Å². The molecule has 1 rings (SSSR count). The molecule has 0 aliphatic rings. The van der Waals surface area contributed by atoms with Gasteiger partial charge in [0.25, 0.3) is 0 Å². The molecule has 0 amide bonds. The zero-order valence-corrected chi connectivity index (χ0v) is 8.03. The van der Waals surface area contributed by atoms with E-state index in [0.717, 1.165) is 0 Å². The number of esters is 1. The van der Waals surface area contributed by atoms with E-state index in [9.17, 15) is 4.79 Å². The molecule has 0 radical (unpaired) electrons. The number of hydrogen-bond donors (Lipinski definition) is 0. The first kappa shape index (κ1) is 9.77. The summed E-state index contributed by atoms with van der Waals surface area (Å²) in [4.78, 5) is 14.6. The molecule has 0 bridgehead atoms. The lowest BCUT2D eigenvalue weighted by atomic mass is 10.2. The van der Waals surface area contributed by atoms with Gasteiger partial charge in [0, 0.05) is 12.8 Å². The molecule has 0 unspecified atom stereocenters. The van der Waals surface area contributed by atoms with Gasteiger partial charge in [0.1, 0.15) is 18.6 Å². The van der Waals surface area contributed by atoms with Crippen LogP contribution < -0.4 is 0 Å². The van der Waals surface area contributed by atoms with Gasteiger partial charge >= 0.3 is 5.97 Å². The lowest BCUT2D eigenvalue weighted by Crippen LogP contribution is -1.99. The van der Waals surface area contributed by atoms with E-state index in [2.05, 4.69) is 4.98 Å². The Labute approximate surface area is 76.9 Å². The molecule has 4 nitrogen and oxygen atoms in total. The van der Waals surface area contributed by atoms with Gasteiger partial charge in [-0.1, -0.05) is 13.8 Å². The third-order valence-electron chi connectivity index (χ3n) is 1.49. The molecule has 1 aromatic rings. The van der Waals surface area contributed by atoms with Crippen LogP contribution in [0.25, 0.3) is 0 Å². The molecule has 1 aromatic heterocycles. The number of carbonyl (C=O) groups is 1. The van der Waals surface area contributed by atoms with Crippen LogP contribution in [0.1, 0.15) is 38.3 Å². The minimum absolute atomic E-state index is 0.186. The maximum absolute atomic E-state index is 10.5. The van der Waals surface area contributed by atoms with Crippen molar-refractivity contribution >= 4 is 5.97 Å². The van der Waals surface area contributed by atoms with E-state index in [1.54, 1.807) is 0 Å². The fraction of sp³-hybridized carbons (Fsp3) is 0.556. The molecule has 0 atom stereocenters. The highest BCUT2D eigenvalue weighted by Gasteiger charge is 2.07. The van der Waals surface area contributed by atoms with Gasteiger partial charge in [-0.3, -0.25) is 4.79 Å². The molecule has 13 heavy (non-hydrogen) atoms. The van der Waals surface area contributed by atoms with Crippen LogP contribution in [-0.2, 0) is 16.1 Å². The van der Waals surface area contributed by atoms with E-state index < -0.39 is 0 Å². The van der Waals surface area contributed by atoms with Gasteiger partial charge in [0.15, 0.2) is 5.89 Å². The number of carbonyl (C=O) groups excluding carboxylic acids is 1. The lowest BCUT2D eigenvalue weighted by Gasteiger charge is -1.96. The molecule has 0 N–H and O–H groups in total. The summed E-state index contributed by atoms with van der Waals surface area (Å²) in [7, 11) is 0. The molecule has 0 saturated carbocycles. The van der Waals surface area contributed by atoms with Crippen molar-refractivity contribution in [2.24, 2.45) is 0 Å². The van der Waals surface area contributed by atoms with Crippen LogP contribution in [0.2, 0.25) is 0 Å². The van der Waals surface area contributed by atoms with Crippen molar-refractivity contribution in [1.82, 2.24) is 4.98 Å². The Balaban J connectivity index is 2.54. The van der Waals surface area contributed by atoms with E-state index in [-0.39, 0.29) is 18.5 Å². The van der Waals surface area contributed by atoms with Crippen molar-refractivity contribution in [2.75, 3.05) is 0 Å². The van der Waals surface area contributed by atoms with Crippen LogP contribution in [0, 0.1) is 0 Å². The highest BCUT2D eigenvalue weighted by Crippen LogP contribution is 2.13.